The molecule has 0 saturated carbocycles. The molecule has 0 bridgehead atoms. The van der Waals surface area contributed by atoms with Crippen LogP contribution in [0.5, 0.6) is 0 Å². The number of nitrogens with two attached hydrogens (primary N) is 1. The Bertz CT molecular complexity index is 161. The average Bonchev–Trinajstić information content (AvgIpc) is 2.29. The zero-order chi connectivity index (χ0) is 13.7. The van der Waals surface area contributed by atoms with E-state index in [0.29, 0.717) is 0 Å². The van der Waals surface area contributed by atoms with Crippen LogP contribution in [0.2, 0.25) is 0 Å². The van der Waals surface area contributed by atoms with E-state index in [1.165, 1.54) is 77.2 Å². The minimum absolute atomic E-state index is 0.868. The fraction of sp³-hybridized carbons (Fsp3) is 1.00. The molecule has 0 aromatic rings. The average molecular weight is 257 g/mol. The Morgan fingerprint density at radius 1 is 0.556 bits per heavy atom. The molecule has 0 saturated heterocycles. The van der Waals surface area contributed by atoms with Gasteiger partial charge >= 0.3 is 0 Å². The first kappa shape index (κ1) is 17.9. The van der Waals surface area contributed by atoms with Crippen molar-refractivity contribution in [1.29, 1.82) is 0 Å². The van der Waals surface area contributed by atoms with Gasteiger partial charge in [-0.25, -0.2) is 0 Å². The molecule has 0 aliphatic carbocycles. The van der Waals surface area contributed by atoms with Crippen molar-refractivity contribution in [2.24, 2.45) is 5.73 Å². The van der Waals surface area contributed by atoms with Gasteiger partial charge in [0.25, 0.3) is 0 Å². The molecule has 0 aromatic heterocycles. The maximum Gasteiger partial charge on any atom is 0.0780 e. The first-order valence-corrected chi connectivity index (χ1v) is 8.07. The van der Waals surface area contributed by atoms with Crippen molar-refractivity contribution in [3.63, 3.8) is 0 Å². The normalized spacial score (nSPS) is 12.0. The Balaban J connectivity index is 2.99. The molecule has 110 valence electrons. The highest BCUT2D eigenvalue weighted by molar-refractivity contribution is 4.48. The Kier molecular flexibility index (Phi) is 11.9. The largest absolute Gasteiger partial charge is 0.331 e. The summed E-state index contributed by atoms with van der Waals surface area (Å²) in [5.74, 6) is 0. The Hall–Kier alpha value is -0.0800. The van der Waals surface area contributed by atoms with Crippen LogP contribution in [-0.2, 0) is 0 Å². The van der Waals surface area contributed by atoms with Crippen LogP contribution >= 0.6 is 0 Å². The van der Waals surface area contributed by atoms with Crippen LogP contribution in [0.3, 0.4) is 0 Å². The summed E-state index contributed by atoms with van der Waals surface area (Å²) in [6.45, 7) is 2.19. The molecule has 2 nitrogen and oxygen atoms in total. The second-order valence-electron chi connectivity index (χ2n) is 6.69. The molecule has 0 aliphatic heterocycles. The van der Waals surface area contributed by atoms with Crippen LogP contribution in [0.25, 0.3) is 0 Å². The predicted octanol–water partition coefficient (Wildman–Crippen LogP) is 3.94. The number of hydrogen-bond acceptors (Lipinski definition) is 1. The van der Waals surface area contributed by atoms with Crippen molar-refractivity contribution in [2.45, 2.75) is 70.6 Å². The first-order valence-electron chi connectivity index (χ1n) is 8.07. The molecular weight excluding hydrogens is 220 g/mol. The van der Waals surface area contributed by atoms with Crippen molar-refractivity contribution < 1.29 is 4.48 Å². The van der Waals surface area contributed by atoms with Crippen molar-refractivity contribution in [1.82, 2.24) is 0 Å². The molecule has 0 fully saturated rings. The third kappa shape index (κ3) is 15.9. The summed E-state index contributed by atoms with van der Waals surface area (Å²) in [6, 6.07) is 0. The lowest BCUT2D eigenvalue weighted by Gasteiger charge is -2.23. The second kappa shape index (κ2) is 12.0. The van der Waals surface area contributed by atoms with Gasteiger partial charge in [0.05, 0.1) is 27.7 Å². The Labute approximate surface area is 116 Å². The van der Waals surface area contributed by atoms with Crippen LogP contribution in [0.1, 0.15) is 70.6 Å². The Morgan fingerprint density at radius 3 is 1.22 bits per heavy atom. The number of unbranched alkanes of at least 4 members (excludes halogenated alkanes) is 10. The van der Waals surface area contributed by atoms with E-state index in [4.69, 9.17) is 5.73 Å². The van der Waals surface area contributed by atoms with E-state index in [9.17, 15) is 0 Å². The molecule has 0 atom stereocenters. The Morgan fingerprint density at radius 2 is 0.889 bits per heavy atom. The summed E-state index contributed by atoms with van der Waals surface area (Å²) < 4.78 is 1.11. The van der Waals surface area contributed by atoms with Crippen LogP contribution in [-0.4, -0.2) is 38.7 Å². The molecule has 0 radical (unpaired) electrons. The third-order valence-electron chi connectivity index (χ3n) is 3.53. The highest BCUT2D eigenvalue weighted by Gasteiger charge is 2.04. The maximum absolute atomic E-state index is 5.47. The van der Waals surface area contributed by atoms with E-state index in [1.807, 2.05) is 0 Å². The predicted molar refractivity (Wildman–Crippen MR) is 82.7 cm³/mol. The van der Waals surface area contributed by atoms with Crippen LogP contribution in [0.15, 0.2) is 0 Å². The molecular formula is C16H37N2+. The van der Waals surface area contributed by atoms with E-state index < -0.39 is 0 Å². The van der Waals surface area contributed by atoms with E-state index in [-0.39, 0.29) is 0 Å². The molecule has 2 heteroatoms. The van der Waals surface area contributed by atoms with Gasteiger partial charge in [0.2, 0.25) is 0 Å². The summed E-state index contributed by atoms with van der Waals surface area (Å²) in [7, 11) is 6.85. The van der Waals surface area contributed by atoms with Crippen molar-refractivity contribution in [2.75, 3.05) is 34.2 Å². The molecule has 0 spiro atoms. The van der Waals surface area contributed by atoms with Gasteiger partial charge < -0.3 is 10.2 Å². The summed E-state index contributed by atoms with van der Waals surface area (Å²) in [6.07, 6.45) is 15.4. The lowest BCUT2D eigenvalue weighted by atomic mass is 10.1. The summed E-state index contributed by atoms with van der Waals surface area (Å²) >= 11 is 0. The zero-order valence-corrected chi connectivity index (χ0v) is 13.2. The van der Waals surface area contributed by atoms with Crippen LogP contribution < -0.4 is 5.73 Å². The fourth-order valence-corrected chi connectivity index (χ4v) is 2.32. The number of quaternary nitrogens is 1. The monoisotopic (exact) mass is 257 g/mol. The molecule has 0 unspecified atom stereocenters. The molecule has 0 rings (SSSR count). The van der Waals surface area contributed by atoms with Gasteiger partial charge in [-0.1, -0.05) is 51.4 Å². The van der Waals surface area contributed by atoms with Gasteiger partial charge in [0, 0.05) is 0 Å². The van der Waals surface area contributed by atoms with Gasteiger partial charge in [-0.15, -0.1) is 0 Å². The lowest BCUT2D eigenvalue weighted by molar-refractivity contribution is -0.870. The van der Waals surface area contributed by atoms with Crippen molar-refractivity contribution in [3.8, 4) is 0 Å². The zero-order valence-electron chi connectivity index (χ0n) is 13.2. The first-order chi connectivity index (χ1) is 8.56. The highest BCUT2D eigenvalue weighted by Crippen LogP contribution is 2.11. The molecule has 2 N–H and O–H groups in total. The topological polar surface area (TPSA) is 26.0 Å². The quantitative estimate of drug-likeness (QED) is 0.392. The molecule has 0 heterocycles. The van der Waals surface area contributed by atoms with Crippen LogP contribution in [0.4, 0.5) is 0 Å². The van der Waals surface area contributed by atoms with E-state index >= 15 is 0 Å². The minimum atomic E-state index is 0.868. The molecule has 0 aliphatic rings. The number of nitrogens with zero attached hydrogens (tertiary/aromatic N) is 1. The molecule has 0 amide bonds. The van der Waals surface area contributed by atoms with Gasteiger partial charge in [0.1, 0.15) is 0 Å². The lowest BCUT2D eigenvalue weighted by Crippen LogP contribution is -2.35. The van der Waals surface area contributed by atoms with Gasteiger partial charge in [-0.3, -0.25) is 0 Å². The maximum atomic E-state index is 5.47. The van der Waals surface area contributed by atoms with Gasteiger partial charge in [-0.05, 0) is 25.8 Å². The van der Waals surface area contributed by atoms with E-state index in [1.54, 1.807) is 0 Å². The summed E-state index contributed by atoms with van der Waals surface area (Å²) in [5.41, 5.74) is 5.47. The SMILES string of the molecule is C[N+](C)(C)CCCCCCCCCCCCCN. The molecule has 0 aromatic carbocycles. The standard InChI is InChI=1S/C16H37N2/c1-18(2,3)16-14-12-10-8-6-4-5-7-9-11-13-15-17/h4-17H2,1-3H3/q+1. The molecule has 18 heavy (non-hydrogen) atoms. The summed E-state index contributed by atoms with van der Waals surface area (Å²) in [5, 5.41) is 0. The van der Waals surface area contributed by atoms with Gasteiger partial charge in [0.15, 0.2) is 0 Å². The number of rotatable bonds is 13. The second-order valence-corrected chi connectivity index (χ2v) is 6.69. The third-order valence-corrected chi connectivity index (χ3v) is 3.53. The van der Waals surface area contributed by atoms with E-state index in [0.717, 1.165) is 11.0 Å². The van der Waals surface area contributed by atoms with E-state index in [2.05, 4.69) is 21.1 Å². The van der Waals surface area contributed by atoms with Gasteiger partial charge in [-0.2, -0.15) is 0 Å². The smallest absolute Gasteiger partial charge is 0.0780 e. The number of hydrogen-bond donors (Lipinski definition) is 1. The van der Waals surface area contributed by atoms with Crippen LogP contribution in [0, 0.1) is 0 Å². The minimum Gasteiger partial charge on any atom is -0.331 e. The summed E-state index contributed by atoms with van der Waals surface area (Å²) in [4.78, 5) is 0. The highest BCUT2D eigenvalue weighted by atomic mass is 15.3. The van der Waals surface area contributed by atoms with Crippen molar-refractivity contribution >= 4 is 0 Å². The van der Waals surface area contributed by atoms with Crippen molar-refractivity contribution in [3.05, 3.63) is 0 Å². The fourth-order valence-electron chi connectivity index (χ4n) is 2.32.